The Hall–Kier alpha value is -2.07. The molecular formula is C24H25BrClN3O3S2. The predicted octanol–water partition coefficient (Wildman–Crippen LogP) is 7.05. The molecule has 0 bridgehead atoms. The van der Waals surface area contributed by atoms with Crippen LogP contribution in [0.4, 0.5) is 0 Å². The fourth-order valence-electron chi connectivity index (χ4n) is 2.90. The zero-order chi connectivity index (χ0) is 24.3. The highest BCUT2D eigenvalue weighted by Gasteiger charge is 2.12. The molecule has 0 unspecified atom stereocenters. The second-order valence-electron chi connectivity index (χ2n) is 7.18. The van der Waals surface area contributed by atoms with Crippen molar-refractivity contribution in [3.05, 3.63) is 56.8 Å². The Bertz CT molecular complexity index is 1120. The van der Waals surface area contributed by atoms with Crippen LogP contribution < -0.4 is 14.9 Å². The minimum Gasteiger partial charge on any atom is -0.493 e. The fourth-order valence-corrected chi connectivity index (χ4v) is 5.22. The molecule has 2 aromatic carbocycles. The molecule has 0 aliphatic carbocycles. The Labute approximate surface area is 221 Å². The minimum absolute atomic E-state index is 0.211. The maximum absolute atomic E-state index is 12.2. The van der Waals surface area contributed by atoms with E-state index >= 15 is 0 Å². The number of benzene rings is 2. The van der Waals surface area contributed by atoms with Crippen molar-refractivity contribution in [1.29, 1.82) is 0 Å². The van der Waals surface area contributed by atoms with Gasteiger partial charge in [-0.3, -0.25) is 4.79 Å². The summed E-state index contributed by atoms with van der Waals surface area (Å²) in [6.45, 7) is 2.78. The number of aromatic nitrogens is 1. The summed E-state index contributed by atoms with van der Waals surface area (Å²) in [7, 11) is 1.59. The van der Waals surface area contributed by atoms with E-state index in [1.807, 2.05) is 41.8 Å². The van der Waals surface area contributed by atoms with Crippen LogP contribution in [0.15, 0.2) is 55.7 Å². The lowest BCUT2D eigenvalue weighted by Crippen LogP contribution is -2.19. The van der Waals surface area contributed by atoms with Crippen LogP contribution in [0.5, 0.6) is 11.5 Å². The van der Waals surface area contributed by atoms with E-state index < -0.39 is 0 Å². The molecule has 0 fully saturated rings. The zero-order valence-corrected chi connectivity index (χ0v) is 22.8. The molecule has 1 heterocycles. The molecule has 0 saturated heterocycles. The SMILES string of the molecule is CCCCCOc1c(Br)cc(/C=N/NC(=O)CSc2nc(-c3ccc(Cl)cc3)cs2)cc1OC. The molecule has 0 aliphatic heterocycles. The molecule has 0 aliphatic rings. The molecule has 6 nitrogen and oxygen atoms in total. The van der Waals surface area contributed by atoms with Gasteiger partial charge in [-0.05, 0) is 52.2 Å². The van der Waals surface area contributed by atoms with Crippen molar-refractivity contribution in [2.75, 3.05) is 19.5 Å². The number of methoxy groups -OCH3 is 1. The van der Waals surface area contributed by atoms with Crippen LogP contribution in [-0.4, -0.2) is 36.6 Å². The van der Waals surface area contributed by atoms with Gasteiger partial charge in [-0.15, -0.1) is 11.3 Å². The molecule has 0 radical (unpaired) electrons. The van der Waals surface area contributed by atoms with Gasteiger partial charge in [-0.1, -0.05) is 55.3 Å². The molecule has 1 aromatic heterocycles. The first-order valence-corrected chi connectivity index (χ1v) is 13.7. The standard InChI is InChI=1S/C24H25BrClN3O3S2/c1-3-4-5-10-32-23-19(25)11-16(12-21(23)31-2)13-27-29-22(30)15-34-24-28-20(14-33-24)17-6-8-18(26)9-7-17/h6-9,11-14H,3-5,10,15H2,1-2H3,(H,29,30)/b27-13+. The van der Waals surface area contributed by atoms with Crippen molar-refractivity contribution >= 4 is 62.8 Å². The van der Waals surface area contributed by atoms with Gasteiger partial charge in [0.1, 0.15) is 0 Å². The number of carbonyl (C=O) groups is 1. The summed E-state index contributed by atoms with van der Waals surface area (Å²) in [5, 5.41) is 6.71. The lowest BCUT2D eigenvalue weighted by molar-refractivity contribution is -0.118. The quantitative estimate of drug-likeness (QED) is 0.107. The van der Waals surface area contributed by atoms with Gasteiger partial charge in [0.2, 0.25) is 0 Å². The van der Waals surface area contributed by atoms with Crippen molar-refractivity contribution in [2.24, 2.45) is 5.10 Å². The Morgan fingerprint density at radius 2 is 2.09 bits per heavy atom. The lowest BCUT2D eigenvalue weighted by Gasteiger charge is -2.13. The van der Waals surface area contributed by atoms with Crippen molar-refractivity contribution < 1.29 is 14.3 Å². The van der Waals surface area contributed by atoms with E-state index in [-0.39, 0.29) is 11.7 Å². The van der Waals surface area contributed by atoms with Crippen LogP contribution in [0.25, 0.3) is 11.3 Å². The summed E-state index contributed by atoms with van der Waals surface area (Å²) in [5.74, 6) is 1.26. The number of rotatable bonds is 12. The van der Waals surface area contributed by atoms with Crippen LogP contribution in [0.2, 0.25) is 5.02 Å². The average molecular weight is 583 g/mol. The summed E-state index contributed by atoms with van der Waals surface area (Å²) in [6.07, 6.45) is 4.81. The highest BCUT2D eigenvalue weighted by atomic mass is 79.9. The van der Waals surface area contributed by atoms with Gasteiger partial charge in [0.15, 0.2) is 15.8 Å². The summed E-state index contributed by atoms with van der Waals surface area (Å²) >= 11 is 12.3. The maximum Gasteiger partial charge on any atom is 0.250 e. The molecule has 1 amide bonds. The Balaban J connectivity index is 1.50. The van der Waals surface area contributed by atoms with Gasteiger partial charge >= 0.3 is 0 Å². The third kappa shape index (κ3) is 8.01. The number of amides is 1. The number of halogens is 2. The summed E-state index contributed by atoms with van der Waals surface area (Å²) in [5.41, 5.74) is 5.17. The number of hydrogen-bond donors (Lipinski definition) is 1. The van der Waals surface area contributed by atoms with Crippen molar-refractivity contribution in [3.63, 3.8) is 0 Å². The fraction of sp³-hybridized carbons (Fsp3) is 0.292. The molecule has 0 atom stereocenters. The van der Waals surface area contributed by atoms with E-state index in [4.69, 9.17) is 21.1 Å². The van der Waals surface area contributed by atoms with Crippen LogP contribution in [-0.2, 0) is 4.79 Å². The number of thioether (sulfide) groups is 1. The normalized spacial score (nSPS) is 11.1. The first kappa shape index (κ1) is 26.5. The third-order valence-electron chi connectivity index (χ3n) is 4.60. The molecule has 0 spiro atoms. The zero-order valence-electron chi connectivity index (χ0n) is 18.8. The minimum atomic E-state index is -0.216. The summed E-state index contributed by atoms with van der Waals surface area (Å²) in [4.78, 5) is 16.8. The highest BCUT2D eigenvalue weighted by Crippen LogP contribution is 2.36. The van der Waals surface area contributed by atoms with Crippen molar-refractivity contribution in [1.82, 2.24) is 10.4 Å². The van der Waals surface area contributed by atoms with Gasteiger partial charge in [-0.2, -0.15) is 5.10 Å². The van der Waals surface area contributed by atoms with E-state index in [1.54, 1.807) is 13.3 Å². The van der Waals surface area contributed by atoms with Gasteiger partial charge < -0.3 is 9.47 Å². The van der Waals surface area contributed by atoms with Crippen LogP contribution in [0, 0.1) is 0 Å². The van der Waals surface area contributed by atoms with E-state index in [0.717, 1.165) is 44.9 Å². The number of nitrogens with zero attached hydrogens (tertiary/aromatic N) is 2. The predicted molar refractivity (Wildman–Crippen MR) is 145 cm³/mol. The number of hydrogen-bond acceptors (Lipinski definition) is 7. The van der Waals surface area contributed by atoms with Crippen LogP contribution >= 0.6 is 50.6 Å². The van der Waals surface area contributed by atoms with E-state index in [0.29, 0.717) is 23.1 Å². The number of ether oxygens (including phenoxy) is 2. The smallest absolute Gasteiger partial charge is 0.250 e. The third-order valence-corrected chi connectivity index (χ3v) is 7.46. The Morgan fingerprint density at radius 3 is 2.82 bits per heavy atom. The first-order valence-electron chi connectivity index (χ1n) is 10.7. The van der Waals surface area contributed by atoms with Gasteiger partial charge in [0.25, 0.3) is 5.91 Å². The number of carbonyl (C=O) groups excluding carboxylic acids is 1. The average Bonchev–Trinajstić information content (AvgIpc) is 3.31. The number of unbranched alkanes of at least 4 members (excludes halogenated alkanes) is 2. The second-order valence-corrected chi connectivity index (χ2v) is 10.5. The molecule has 34 heavy (non-hydrogen) atoms. The molecule has 3 rings (SSSR count). The lowest BCUT2D eigenvalue weighted by atomic mass is 10.2. The summed E-state index contributed by atoms with van der Waals surface area (Å²) in [6, 6.07) is 11.2. The highest BCUT2D eigenvalue weighted by molar-refractivity contribution is 9.10. The topological polar surface area (TPSA) is 72.8 Å². The van der Waals surface area contributed by atoms with E-state index in [1.165, 1.54) is 23.1 Å². The van der Waals surface area contributed by atoms with Crippen molar-refractivity contribution in [2.45, 2.75) is 30.5 Å². The van der Waals surface area contributed by atoms with E-state index in [9.17, 15) is 4.79 Å². The molecule has 0 saturated carbocycles. The molecule has 3 aromatic rings. The largest absolute Gasteiger partial charge is 0.493 e. The van der Waals surface area contributed by atoms with Crippen LogP contribution in [0.1, 0.15) is 31.7 Å². The van der Waals surface area contributed by atoms with E-state index in [2.05, 4.69) is 38.4 Å². The van der Waals surface area contributed by atoms with Gasteiger partial charge in [-0.25, -0.2) is 10.4 Å². The molecule has 180 valence electrons. The second kappa shape index (κ2) is 13.7. The summed E-state index contributed by atoms with van der Waals surface area (Å²) < 4.78 is 12.9. The van der Waals surface area contributed by atoms with Gasteiger partial charge in [0.05, 0.1) is 35.9 Å². The Morgan fingerprint density at radius 1 is 1.29 bits per heavy atom. The van der Waals surface area contributed by atoms with Crippen LogP contribution in [0.3, 0.4) is 0 Å². The molecular weight excluding hydrogens is 558 g/mol. The number of nitrogens with one attached hydrogen (secondary N) is 1. The maximum atomic E-state index is 12.2. The number of thiazole rings is 1. The van der Waals surface area contributed by atoms with Gasteiger partial charge in [0, 0.05) is 16.0 Å². The van der Waals surface area contributed by atoms with Crippen molar-refractivity contribution in [3.8, 4) is 22.8 Å². The molecule has 10 heteroatoms. The number of hydrazone groups is 1. The molecule has 1 N–H and O–H groups in total. The Kier molecular flexibility index (Phi) is 10.7. The first-order chi connectivity index (χ1) is 16.5. The monoisotopic (exact) mass is 581 g/mol.